The maximum atomic E-state index is 4.94. The molecule has 0 saturated carbocycles. The minimum Gasteiger partial charge on any atom is -0.274 e. The van der Waals surface area contributed by atoms with Crippen LogP contribution in [0, 0.1) is 13.8 Å². The summed E-state index contributed by atoms with van der Waals surface area (Å²) in [7, 11) is 3.35. The van der Waals surface area contributed by atoms with E-state index in [1.165, 1.54) is 5.06 Å². The van der Waals surface area contributed by atoms with Crippen molar-refractivity contribution in [1.82, 2.24) is 9.97 Å². The van der Waals surface area contributed by atoms with Crippen LogP contribution in [0.25, 0.3) is 0 Å². The van der Waals surface area contributed by atoms with Crippen molar-refractivity contribution in [2.45, 2.75) is 13.8 Å². The van der Waals surface area contributed by atoms with Crippen molar-refractivity contribution in [2.24, 2.45) is 0 Å². The molecule has 1 aromatic rings. The van der Waals surface area contributed by atoms with Crippen LogP contribution < -0.4 is 5.06 Å². The molecule has 4 nitrogen and oxygen atoms in total. The van der Waals surface area contributed by atoms with Gasteiger partial charge < -0.3 is 0 Å². The number of hydrogen-bond acceptors (Lipinski definition) is 4. The third kappa shape index (κ3) is 1.71. The molecule has 0 bridgehead atoms. The van der Waals surface area contributed by atoms with Gasteiger partial charge >= 0.3 is 0 Å². The minimum absolute atomic E-state index is 0.584. The van der Waals surface area contributed by atoms with E-state index < -0.39 is 0 Å². The Morgan fingerprint density at radius 1 is 1.42 bits per heavy atom. The Bertz CT molecular complexity index is 275. The van der Waals surface area contributed by atoms with E-state index in [-0.39, 0.29) is 0 Å². The van der Waals surface area contributed by atoms with Crippen LogP contribution in [0.1, 0.15) is 11.3 Å². The highest BCUT2D eigenvalue weighted by atomic mass is 16.7. The first-order chi connectivity index (χ1) is 5.65. The predicted molar refractivity (Wildman–Crippen MR) is 46.9 cm³/mol. The molecule has 4 heteroatoms. The first kappa shape index (κ1) is 8.93. The molecule has 0 aromatic carbocycles. The number of anilines is 1. The molecule has 0 saturated heterocycles. The zero-order valence-corrected chi connectivity index (χ0v) is 7.83. The summed E-state index contributed by atoms with van der Waals surface area (Å²) in [6.07, 6.45) is 1.78. The highest BCUT2D eigenvalue weighted by Crippen LogP contribution is 2.08. The standard InChI is InChI=1S/C8H13N3O/c1-6-5-9-8(10-7(6)2)11(3)12-4/h5H,1-4H3. The van der Waals surface area contributed by atoms with Crippen molar-refractivity contribution >= 4 is 5.95 Å². The molecular formula is C8H13N3O. The quantitative estimate of drug-likeness (QED) is 0.618. The van der Waals surface area contributed by atoms with E-state index in [1.54, 1.807) is 20.4 Å². The molecule has 0 N–H and O–H groups in total. The van der Waals surface area contributed by atoms with Crippen LogP contribution in [0.3, 0.4) is 0 Å². The Labute approximate surface area is 72.2 Å². The first-order valence-electron chi connectivity index (χ1n) is 3.73. The summed E-state index contributed by atoms with van der Waals surface area (Å²) in [5, 5.41) is 1.52. The van der Waals surface area contributed by atoms with Crippen LogP contribution in [0.4, 0.5) is 5.95 Å². The van der Waals surface area contributed by atoms with E-state index in [4.69, 9.17) is 4.84 Å². The topological polar surface area (TPSA) is 38.2 Å². The summed E-state index contributed by atoms with van der Waals surface area (Å²) in [4.78, 5) is 13.3. The highest BCUT2D eigenvalue weighted by Gasteiger charge is 2.03. The summed E-state index contributed by atoms with van der Waals surface area (Å²) in [6.45, 7) is 3.93. The summed E-state index contributed by atoms with van der Waals surface area (Å²) < 4.78 is 0. The second kappa shape index (κ2) is 3.49. The predicted octanol–water partition coefficient (Wildman–Crippen LogP) is 1.09. The van der Waals surface area contributed by atoms with Gasteiger partial charge in [0.2, 0.25) is 5.95 Å². The SMILES string of the molecule is CON(C)c1ncc(C)c(C)n1. The molecule has 0 fully saturated rings. The number of aryl methyl sites for hydroxylation is 2. The number of hydrogen-bond donors (Lipinski definition) is 0. The molecule has 12 heavy (non-hydrogen) atoms. The lowest BCUT2D eigenvalue weighted by molar-refractivity contribution is 0.180. The molecule has 0 spiro atoms. The monoisotopic (exact) mass is 167 g/mol. The molecule has 0 unspecified atom stereocenters. The van der Waals surface area contributed by atoms with Crippen LogP contribution in [-0.4, -0.2) is 24.1 Å². The fraction of sp³-hybridized carbons (Fsp3) is 0.500. The second-order valence-corrected chi connectivity index (χ2v) is 2.62. The molecule has 0 aliphatic rings. The first-order valence-corrected chi connectivity index (χ1v) is 3.73. The normalized spacial score (nSPS) is 10.0. The molecular weight excluding hydrogens is 154 g/mol. The minimum atomic E-state index is 0.584. The molecule has 0 amide bonds. The number of nitrogens with zero attached hydrogens (tertiary/aromatic N) is 3. The highest BCUT2D eigenvalue weighted by molar-refractivity contribution is 5.28. The van der Waals surface area contributed by atoms with E-state index in [1.807, 2.05) is 13.8 Å². The Morgan fingerprint density at radius 3 is 2.58 bits per heavy atom. The average molecular weight is 167 g/mol. The molecule has 1 rings (SSSR count). The van der Waals surface area contributed by atoms with Crippen LogP contribution in [-0.2, 0) is 4.84 Å². The van der Waals surface area contributed by atoms with Gasteiger partial charge in [-0.3, -0.25) is 4.84 Å². The largest absolute Gasteiger partial charge is 0.274 e. The van der Waals surface area contributed by atoms with Gasteiger partial charge in [-0.2, -0.15) is 0 Å². The van der Waals surface area contributed by atoms with Crippen molar-refractivity contribution in [2.75, 3.05) is 19.2 Å². The van der Waals surface area contributed by atoms with Gasteiger partial charge in [-0.25, -0.2) is 15.0 Å². The Morgan fingerprint density at radius 2 is 2.08 bits per heavy atom. The van der Waals surface area contributed by atoms with Gasteiger partial charge in [0.1, 0.15) is 0 Å². The number of rotatable bonds is 2. The van der Waals surface area contributed by atoms with Crippen LogP contribution in [0.2, 0.25) is 0 Å². The fourth-order valence-electron chi connectivity index (χ4n) is 0.748. The lowest BCUT2D eigenvalue weighted by atomic mass is 10.3. The molecule has 66 valence electrons. The molecule has 0 atom stereocenters. The van der Waals surface area contributed by atoms with Gasteiger partial charge in [0.05, 0.1) is 7.11 Å². The van der Waals surface area contributed by atoms with Gasteiger partial charge in [0.25, 0.3) is 0 Å². The van der Waals surface area contributed by atoms with Gasteiger partial charge in [0, 0.05) is 18.9 Å². The van der Waals surface area contributed by atoms with E-state index in [0.717, 1.165) is 11.3 Å². The maximum absolute atomic E-state index is 4.94. The Balaban J connectivity index is 2.96. The average Bonchev–Trinajstić information content (AvgIpc) is 2.08. The van der Waals surface area contributed by atoms with Crippen LogP contribution in [0.5, 0.6) is 0 Å². The zero-order chi connectivity index (χ0) is 9.14. The van der Waals surface area contributed by atoms with Gasteiger partial charge in [0.15, 0.2) is 0 Å². The van der Waals surface area contributed by atoms with Crippen molar-refractivity contribution < 1.29 is 4.84 Å². The molecule has 0 aliphatic heterocycles. The third-order valence-electron chi connectivity index (χ3n) is 1.77. The third-order valence-corrected chi connectivity index (χ3v) is 1.77. The fourth-order valence-corrected chi connectivity index (χ4v) is 0.748. The van der Waals surface area contributed by atoms with Gasteiger partial charge in [-0.05, 0) is 19.4 Å². The maximum Gasteiger partial charge on any atom is 0.249 e. The summed E-state index contributed by atoms with van der Waals surface area (Å²) in [6, 6.07) is 0. The smallest absolute Gasteiger partial charge is 0.249 e. The van der Waals surface area contributed by atoms with E-state index in [2.05, 4.69) is 9.97 Å². The lowest BCUT2D eigenvalue weighted by Crippen LogP contribution is -2.18. The van der Waals surface area contributed by atoms with Crippen LogP contribution >= 0.6 is 0 Å². The lowest BCUT2D eigenvalue weighted by Gasteiger charge is -2.13. The van der Waals surface area contributed by atoms with E-state index >= 15 is 0 Å². The van der Waals surface area contributed by atoms with Crippen molar-refractivity contribution in [1.29, 1.82) is 0 Å². The number of hydroxylamine groups is 1. The van der Waals surface area contributed by atoms with Crippen molar-refractivity contribution in [3.63, 3.8) is 0 Å². The Hall–Kier alpha value is -1.16. The Kier molecular flexibility index (Phi) is 2.60. The summed E-state index contributed by atoms with van der Waals surface area (Å²) in [5.74, 6) is 0.584. The van der Waals surface area contributed by atoms with E-state index in [0.29, 0.717) is 5.95 Å². The van der Waals surface area contributed by atoms with Gasteiger partial charge in [-0.15, -0.1) is 0 Å². The van der Waals surface area contributed by atoms with Gasteiger partial charge in [-0.1, -0.05) is 0 Å². The number of aromatic nitrogens is 2. The second-order valence-electron chi connectivity index (χ2n) is 2.62. The summed E-state index contributed by atoms with van der Waals surface area (Å²) in [5.41, 5.74) is 2.06. The zero-order valence-electron chi connectivity index (χ0n) is 7.83. The molecule has 1 aromatic heterocycles. The summed E-state index contributed by atoms with van der Waals surface area (Å²) >= 11 is 0. The molecule has 1 heterocycles. The van der Waals surface area contributed by atoms with E-state index in [9.17, 15) is 0 Å². The van der Waals surface area contributed by atoms with Crippen molar-refractivity contribution in [3.05, 3.63) is 17.5 Å². The molecule has 0 aliphatic carbocycles. The van der Waals surface area contributed by atoms with Crippen LogP contribution in [0.15, 0.2) is 6.20 Å². The van der Waals surface area contributed by atoms with Crippen molar-refractivity contribution in [3.8, 4) is 0 Å². The molecule has 0 radical (unpaired) electrons.